The molecule has 0 unspecified atom stereocenters. The van der Waals surface area contributed by atoms with Crippen LogP contribution in [0.5, 0.6) is 23.0 Å². The summed E-state index contributed by atoms with van der Waals surface area (Å²) in [6.07, 6.45) is 3.93. The van der Waals surface area contributed by atoms with Crippen molar-refractivity contribution in [3.63, 3.8) is 0 Å². The molecule has 0 aliphatic carbocycles. The van der Waals surface area contributed by atoms with E-state index in [1.165, 1.54) is 6.20 Å². The van der Waals surface area contributed by atoms with Crippen LogP contribution in [0.3, 0.4) is 0 Å². The molecule has 0 saturated carbocycles. The van der Waals surface area contributed by atoms with Gasteiger partial charge in [-0.3, -0.25) is 4.98 Å². The number of likely N-dealkylation sites (tertiary alicyclic amines) is 1. The number of pyridine rings is 2. The molecule has 2 aliphatic heterocycles. The van der Waals surface area contributed by atoms with E-state index in [4.69, 9.17) is 18.9 Å². The lowest BCUT2D eigenvalue weighted by Gasteiger charge is -2.55. The quantitative estimate of drug-likeness (QED) is 0.375. The summed E-state index contributed by atoms with van der Waals surface area (Å²) < 4.78 is 38.0. The molecule has 1 aromatic carbocycles. The van der Waals surface area contributed by atoms with Crippen molar-refractivity contribution < 1.29 is 23.3 Å². The first kappa shape index (κ1) is 22.1. The fraction of sp³-hybridized carbons (Fsp3) is 0.385. The molecule has 4 aromatic rings. The van der Waals surface area contributed by atoms with Crippen LogP contribution in [-0.4, -0.2) is 66.4 Å². The predicted octanol–water partition coefficient (Wildman–Crippen LogP) is 4.46. The van der Waals surface area contributed by atoms with Crippen LogP contribution in [0.2, 0.25) is 0 Å². The van der Waals surface area contributed by atoms with Crippen LogP contribution in [0.15, 0.2) is 36.7 Å². The minimum Gasteiger partial charge on any atom is -0.493 e. The molecule has 8 nitrogen and oxygen atoms in total. The van der Waals surface area contributed by atoms with Crippen molar-refractivity contribution in [2.24, 2.45) is 5.41 Å². The topological polar surface area (TPSA) is 81.7 Å². The molecule has 0 bridgehead atoms. The van der Waals surface area contributed by atoms with Gasteiger partial charge in [-0.25, -0.2) is 9.37 Å². The van der Waals surface area contributed by atoms with Gasteiger partial charge in [-0.2, -0.15) is 0 Å². The van der Waals surface area contributed by atoms with Crippen LogP contribution >= 0.6 is 0 Å². The van der Waals surface area contributed by atoms with Crippen LogP contribution in [0.25, 0.3) is 21.9 Å². The van der Waals surface area contributed by atoms with Gasteiger partial charge in [0.15, 0.2) is 23.1 Å². The zero-order valence-corrected chi connectivity index (χ0v) is 19.8. The van der Waals surface area contributed by atoms with Crippen molar-refractivity contribution in [3.05, 3.63) is 48.2 Å². The molecular formula is C26H27FN4O4. The Morgan fingerprint density at radius 1 is 1.09 bits per heavy atom. The molecule has 0 amide bonds. The largest absolute Gasteiger partial charge is 0.493 e. The summed E-state index contributed by atoms with van der Waals surface area (Å²) in [7, 11) is 1.59. The Morgan fingerprint density at radius 3 is 2.71 bits per heavy atom. The smallest absolute Gasteiger partial charge is 0.182 e. The van der Waals surface area contributed by atoms with Gasteiger partial charge >= 0.3 is 0 Å². The number of nitrogens with one attached hydrogen (secondary N) is 1. The average Bonchev–Trinajstić information content (AvgIpc) is 3.19. The van der Waals surface area contributed by atoms with Gasteiger partial charge in [0.05, 0.1) is 44.0 Å². The molecule has 0 radical (unpaired) electrons. The van der Waals surface area contributed by atoms with E-state index in [0.717, 1.165) is 45.0 Å². The minimum atomic E-state index is -0.464. The van der Waals surface area contributed by atoms with E-state index in [-0.39, 0.29) is 5.75 Å². The van der Waals surface area contributed by atoms with E-state index in [1.54, 1.807) is 25.4 Å². The highest BCUT2D eigenvalue weighted by Crippen LogP contribution is 2.39. The molecule has 6 rings (SSSR count). The van der Waals surface area contributed by atoms with E-state index >= 15 is 4.39 Å². The van der Waals surface area contributed by atoms with E-state index < -0.39 is 5.82 Å². The molecule has 2 fully saturated rings. The number of aromatic nitrogens is 3. The second-order valence-electron chi connectivity index (χ2n) is 9.49. The molecule has 9 heteroatoms. The average molecular weight is 479 g/mol. The number of fused-ring (bicyclic) bond motifs is 2. The number of aryl methyl sites for hydroxylation is 1. The minimum absolute atomic E-state index is 0.0459. The van der Waals surface area contributed by atoms with Crippen LogP contribution in [0.1, 0.15) is 12.1 Å². The zero-order valence-electron chi connectivity index (χ0n) is 19.8. The Labute approximate surface area is 202 Å². The lowest BCUT2D eigenvalue weighted by Crippen LogP contribution is -2.65. The lowest BCUT2D eigenvalue weighted by molar-refractivity contribution is -0.189. The summed E-state index contributed by atoms with van der Waals surface area (Å²) in [6, 6.07) is 7.05. The first-order chi connectivity index (χ1) is 17.0. The van der Waals surface area contributed by atoms with Gasteiger partial charge in [-0.1, -0.05) is 0 Å². The normalized spacial score (nSPS) is 16.9. The SMILES string of the molecule is COc1cc2c(Oc3cnc4[nH]c(C)cc4c3F)ccnc2cc1OCCCN1CC2(COC2)C1. The second-order valence-corrected chi connectivity index (χ2v) is 9.49. The van der Waals surface area contributed by atoms with Crippen LogP contribution < -0.4 is 14.2 Å². The number of hydrogen-bond donors (Lipinski definition) is 1. The monoisotopic (exact) mass is 478 g/mol. The van der Waals surface area contributed by atoms with E-state index in [1.807, 2.05) is 19.1 Å². The van der Waals surface area contributed by atoms with Gasteiger partial charge in [0.1, 0.15) is 11.4 Å². The van der Waals surface area contributed by atoms with E-state index in [2.05, 4.69) is 19.9 Å². The summed E-state index contributed by atoms with van der Waals surface area (Å²) in [5, 5.41) is 1.08. The third-order valence-corrected chi connectivity index (χ3v) is 6.71. The molecule has 1 N–H and O–H groups in total. The van der Waals surface area contributed by atoms with Crippen molar-refractivity contribution >= 4 is 21.9 Å². The lowest BCUT2D eigenvalue weighted by atomic mass is 9.78. The number of hydrogen-bond acceptors (Lipinski definition) is 7. The summed E-state index contributed by atoms with van der Waals surface area (Å²) in [6.45, 7) is 7.46. The molecule has 2 saturated heterocycles. The Hall–Kier alpha value is -3.43. The van der Waals surface area contributed by atoms with Crippen molar-refractivity contribution in [2.45, 2.75) is 13.3 Å². The van der Waals surface area contributed by atoms with Crippen LogP contribution in [0, 0.1) is 18.2 Å². The number of methoxy groups -OCH3 is 1. The standard InChI is InChI=1S/C26H27FN4O4/c1-16-8-18-24(27)23(11-29-25(18)30-16)35-20-4-5-28-19-10-22(21(32-2)9-17(19)20)34-7-3-6-31-12-26(13-31)14-33-15-26/h4-5,8-11H,3,6-7,12-15H2,1-2H3,(H,29,30). The Bertz CT molecular complexity index is 1390. The zero-order chi connectivity index (χ0) is 24.0. The molecule has 35 heavy (non-hydrogen) atoms. The number of benzene rings is 1. The molecule has 3 aromatic heterocycles. The number of aromatic amines is 1. The summed E-state index contributed by atoms with van der Waals surface area (Å²) in [5.41, 5.74) is 2.41. The van der Waals surface area contributed by atoms with Crippen molar-refractivity contribution in [1.82, 2.24) is 19.9 Å². The van der Waals surface area contributed by atoms with Gasteiger partial charge < -0.3 is 28.8 Å². The fourth-order valence-corrected chi connectivity index (χ4v) is 4.94. The third-order valence-electron chi connectivity index (χ3n) is 6.71. The third kappa shape index (κ3) is 4.04. The molecule has 2 aliphatic rings. The summed E-state index contributed by atoms with van der Waals surface area (Å²) in [5.74, 6) is 1.23. The Morgan fingerprint density at radius 2 is 1.94 bits per heavy atom. The molecule has 182 valence electrons. The Balaban J connectivity index is 1.17. The molecular weight excluding hydrogens is 451 g/mol. The van der Waals surface area contributed by atoms with Gasteiger partial charge in [0, 0.05) is 48.4 Å². The second kappa shape index (κ2) is 8.66. The molecule has 1 spiro atoms. The first-order valence-electron chi connectivity index (χ1n) is 11.7. The number of H-pyrrole nitrogens is 1. The fourth-order valence-electron chi connectivity index (χ4n) is 4.94. The molecule has 5 heterocycles. The maximum atomic E-state index is 15.0. The number of nitrogens with zero attached hydrogens (tertiary/aromatic N) is 3. The highest BCUT2D eigenvalue weighted by molar-refractivity contribution is 5.88. The first-order valence-corrected chi connectivity index (χ1v) is 11.7. The highest BCUT2D eigenvalue weighted by Gasteiger charge is 2.48. The molecule has 0 atom stereocenters. The van der Waals surface area contributed by atoms with Crippen molar-refractivity contribution in [2.75, 3.05) is 46.6 Å². The van der Waals surface area contributed by atoms with Crippen molar-refractivity contribution in [3.8, 4) is 23.0 Å². The van der Waals surface area contributed by atoms with E-state index in [9.17, 15) is 0 Å². The summed E-state index contributed by atoms with van der Waals surface area (Å²) in [4.78, 5) is 14.2. The van der Waals surface area contributed by atoms with Gasteiger partial charge in [-0.05, 0) is 31.5 Å². The Kier molecular flexibility index (Phi) is 5.46. The van der Waals surface area contributed by atoms with Gasteiger partial charge in [-0.15, -0.1) is 0 Å². The maximum absolute atomic E-state index is 15.0. The van der Waals surface area contributed by atoms with Gasteiger partial charge in [0.25, 0.3) is 0 Å². The number of halogens is 1. The van der Waals surface area contributed by atoms with Crippen molar-refractivity contribution in [1.29, 1.82) is 0 Å². The number of ether oxygens (including phenoxy) is 4. The van der Waals surface area contributed by atoms with E-state index in [0.29, 0.717) is 51.2 Å². The number of rotatable bonds is 8. The maximum Gasteiger partial charge on any atom is 0.182 e. The van der Waals surface area contributed by atoms with Crippen LogP contribution in [0.4, 0.5) is 4.39 Å². The summed E-state index contributed by atoms with van der Waals surface area (Å²) >= 11 is 0. The highest BCUT2D eigenvalue weighted by atomic mass is 19.1. The predicted molar refractivity (Wildman–Crippen MR) is 129 cm³/mol. The van der Waals surface area contributed by atoms with Gasteiger partial charge in [0.2, 0.25) is 0 Å². The van der Waals surface area contributed by atoms with Crippen LogP contribution in [-0.2, 0) is 4.74 Å².